The van der Waals surface area contributed by atoms with Gasteiger partial charge in [-0.25, -0.2) is 27.1 Å². The minimum atomic E-state index is -4.03. The van der Waals surface area contributed by atoms with Crippen LogP contribution >= 0.6 is 0 Å². The second-order valence-corrected chi connectivity index (χ2v) is 10.8. The largest absolute Gasteiger partial charge is 0.302 e. The van der Waals surface area contributed by atoms with Gasteiger partial charge in [0, 0.05) is 65.7 Å². The van der Waals surface area contributed by atoms with Crippen LogP contribution in [0, 0.1) is 6.92 Å². The van der Waals surface area contributed by atoms with E-state index in [4.69, 9.17) is 10.3 Å². The summed E-state index contributed by atoms with van der Waals surface area (Å²) in [5.74, 6) is 0. The van der Waals surface area contributed by atoms with Gasteiger partial charge in [-0.05, 0) is 52.4 Å². The normalized spacial score (nSPS) is 15.4. The van der Waals surface area contributed by atoms with Crippen molar-refractivity contribution in [3.05, 3.63) is 94.0 Å². The third-order valence-corrected chi connectivity index (χ3v) is 7.39. The van der Waals surface area contributed by atoms with Crippen molar-refractivity contribution in [3.8, 4) is 0 Å². The van der Waals surface area contributed by atoms with Crippen molar-refractivity contribution in [1.82, 2.24) is 5.32 Å². The molecule has 0 fully saturated rings. The second-order valence-electron chi connectivity index (χ2n) is 7.77. The van der Waals surface area contributed by atoms with Crippen molar-refractivity contribution < 1.29 is 16.8 Å². The molecule has 34 heavy (non-hydrogen) atoms. The van der Waals surface area contributed by atoms with Gasteiger partial charge in [0.05, 0.1) is 15.8 Å². The maximum Gasteiger partial charge on any atom is 0.238 e. The summed E-state index contributed by atoms with van der Waals surface area (Å²) < 4.78 is 48.6. The van der Waals surface area contributed by atoms with Gasteiger partial charge in [0.25, 0.3) is 0 Å². The van der Waals surface area contributed by atoms with Crippen molar-refractivity contribution in [1.29, 1.82) is 0 Å². The van der Waals surface area contributed by atoms with Gasteiger partial charge in [-0.15, -0.1) is 0 Å². The molecule has 0 amide bonds. The van der Waals surface area contributed by atoms with Crippen molar-refractivity contribution in [3.63, 3.8) is 0 Å². The number of rotatable bonds is 5. The van der Waals surface area contributed by atoms with Gasteiger partial charge in [0.2, 0.25) is 20.0 Å². The Bertz CT molecular complexity index is 1460. The number of aryl methyl sites for hydroxylation is 1. The molecule has 3 aromatic carbocycles. The first-order valence-electron chi connectivity index (χ1n) is 9.83. The van der Waals surface area contributed by atoms with E-state index in [2.05, 4.69) is 5.32 Å². The summed E-state index contributed by atoms with van der Waals surface area (Å²) in [7, 11) is -7.98. The van der Waals surface area contributed by atoms with Crippen LogP contribution in [0.5, 0.6) is 0 Å². The van der Waals surface area contributed by atoms with E-state index in [1.165, 1.54) is 18.2 Å². The molecule has 0 aliphatic carbocycles. The first-order chi connectivity index (χ1) is 15.0. The van der Waals surface area contributed by atoms with Crippen molar-refractivity contribution in [2.45, 2.75) is 29.3 Å². The maximum atomic E-state index is 12.4. The summed E-state index contributed by atoms with van der Waals surface area (Å²) in [6.45, 7) is 2.45. The minimum Gasteiger partial charge on any atom is -0.302 e. The Morgan fingerprint density at radius 2 is 1.38 bits per heavy atom. The molecule has 0 saturated heterocycles. The molecule has 5 N–H and O–H groups in total. The number of nitrogens with one attached hydrogen (secondary N) is 1. The quantitative estimate of drug-likeness (QED) is 0.353. The molecular weight excluding hydrogens is 492 g/mol. The van der Waals surface area contributed by atoms with E-state index in [0.29, 0.717) is 17.7 Å². The van der Waals surface area contributed by atoms with Gasteiger partial charge in [-0.2, -0.15) is 0 Å². The predicted molar refractivity (Wildman–Crippen MR) is 136 cm³/mol. The number of primary sulfonamides is 2. The summed E-state index contributed by atoms with van der Waals surface area (Å²) in [6.07, 6.45) is 3.05. The molecule has 1 atom stereocenters. The molecule has 0 bridgehead atoms. The van der Waals surface area contributed by atoms with Gasteiger partial charge in [-0.1, -0.05) is 60.7 Å². The van der Waals surface area contributed by atoms with E-state index in [0.717, 1.165) is 22.3 Å². The first kappa shape index (κ1) is 29.4. The molecular formula is C23H23N3Na2O4S2. The van der Waals surface area contributed by atoms with Gasteiger partial charge < -0.3 is 5.32 Å². The van der Waals surface area contributed by atoms with E-state index in [9.17, 15) is 16.8 Å². The summed E-state index contributed by atoms with van der Waals surface area (Å²) in [6, 6.07) is 17.7. The molecule has 0 saturated carbocycles. The molecule has 3 aromatic rings. The van der Waals surface area contributed by atoms with Gasteiger partial charge in [0.15, 0.2) is 0 Å². The molecule has 2 radical (unpaired) electrons. The number of benzene rings is 3. The zero-order valence-corrected chi connectivity index (χ0v) is 24.9. The zero-order chi connectivity index (χ0) is 23.1. The molecule has 1 unspecified atom stereocenters. The number of sulfonamides is 2. The summed E-state index contributed by atoms with van der Waals surface area (Å²) in [4.78, 5) is -0.0732. The smallest absolute Gasteiger partial charge is 0.238 e. The number of fused-ring (bicyclic) bond motifs is 1. The topological polar surface area (TPSA) is 132 Å². The molecule has 4 rings (SSSR count). The zero-order valence-electron chi connectivity index (χ0n) is 19.3. The Labute approximate surface area is 244 Å². The second kappa shape index (κ2) is 11.5. The SMILES string of the molecule is Cc1ccc(C=Cc2ccc(C3NCc4ccccc43)cc2S(N)(=O)=O)c(S(N)(=O)=O)c1.[Na].[Na]. The predicted octanol–water partition coefficient (Wildman–Crippen LogP) is 1.89. The summed E-state index contributed by atoms with van der Waals surface area (Å²) >= 11 is 0. The third-order valence-electron chi connectivity index (χ3n) is 5.46. The molecule has 168 valence electrons. The maximum absolute atomic E-state index is 12.4. The van der Waals surface area contributed by atoms with E-state index >= 15 is 0 Å². The van der Waals surface area contributed by atoms with Gasteiger partial charge in [0.1, 0.15) is 0 Å². The van der Waals surface area contributed by atoms with Crippen LogP contribution in [0.1, 0.15) is 39.4 Å². The van der Waals surface area contributed by atoms with E-state index in [1.54, 1.807) is 31.2 Å². The van der Waals surface area contributed by atoms with Crippen LogP contribution in [0.2, 0.25) is 0 Å². The molecule has 1 aliphatic heterocycles. The van der Waals surface area contributed by atoms with Crippen LogP contribution in [0.15, 0.2) is 70.5 Å². The molecule has 7 nitrogen and oxygen atoms in total. The van der Waals surface area contributed by atoms with Crippen LogP contribution in [-0.4, -0.2) is 76.0 Å². The van der Waals surface area contributed by atoms with Gasteiger partial charge >= 0.3 is 0 Å². The Morgan fingerprint density at radius 1 is 0.824 bits per heavy atom. The van der Waals surface area contributed by atoms with Crippen molar-refractivity contribution in [2.24, 2.45) is 10.3 Å². The van der Waals surface area contributed by atoms with E-state index in [1.807, 2.05) is 30.3 Å². The Hall–Kier alpha value is -0.820. The average molecular weight is 516 g/mol. The van der Waals surface area contributed by atoms with Crippen molar-refractivity contribution >= 4 is 91.3 Å². The van der Waals surface area contributed by atoms with Crippen LogP contribution in [0.25, 0.3) is 12.2 Å². The Kier molecular flexibility index (Phi) is 9.94. The minimum absolute atomic E-state index is 0. The van der Waals surface area contributed by atoms with Crippen LogP contribution in [0.4, 0.5) is 0 Å². The van der Waals surface area contributed by atoms with E-state index < -0.39 is 20.0 Å². The molecule has 1 heterocycles. The Balaban J connectivity index is 0.00000204. The number of nitrogens with two attached hydrogens (primary N) is 2. The standard InChI is InChI=1S/C23H23N3O4S2.2Na/c1-15-6-7-16(21(12-15)31(24,27)28)8-9-17-10-11-18(13-22(17)32(25,29)30)23-20-5-3-2-4-19(20)14-26-23;;/h2-13,23,26H,14H2,1H3,(H2,24,27,28)(H2,25,29,30);;. The Morgan fingerprint density at radius 3 is 2.00 bits per heavy atom. The molecule has 0 spiro atoms. The fourth-order valence-electron chi connectivity index (χ4n) is 3.92. The van der Waals surface area contributed by atoms with Crippen LogP contribution in [-0.2, 0) is 26.6 Å². The van der Waals surface area contributed by atoms with Gasteiger partial charge in [-0.3, -0.25) is 0 Å². The fourth-order valence-corrected chi connectivity index (χ4v) is 5.50. The average Bonchev–Trinajstić information content (AvgIpc) is 3.15. The summed E-state index contributed by atoms with van der Waals surface area (Å²) in [5.41, 5.74) is 4.47. The van der Waals surface area contributed by atoms with E-state index in [-0.39, 0.29) is 74.9 Å². The number of hydrogen-bond donors (Lipinski definition) is 3. The molecule has 1 aliphatic rings. The first-order valence-corrected chi connectivity index (χ1v) is 12.9. The molecule has 11 heteroatoms. The number of hydrogen-bond acceptors (Lipinski definition) is 5. The fraction of sp³-hybridized carbons (Fsp3) is 0.130. The van der Waals surface area contributed by atoms with Crippen LogP contribution < -0.4 is 15.6 Å². The molecule has 0 aromatic heterocycles. The summed E-state index contributed by atoms with van der Waals surface area (Å²) in [5, 5.41) is 14.2. The van der Waals surface area contributed by atoms with Crippen LogP contribution in [0.3, 0.4) is 0 Å². The third kappa shape index (κ3) is 6.48. The van der Waals surface area contributed by atoms with Crippen molar-refractivity contribution in [2.75, 3.05) is 0 Å². The monoisotopic (exact) mass is 515 g/mol.